The molecule has 0 saturated carbocycles. The van der Waals surface area contributed by atoms with E-state index in [1.807, 2.05) is 30.3 Å². The van der Waals surface area contributed by atoms with Crippen molar-refractivity contribution < 1.29 is 9.50 Å². The van der Waals surface area contributed by atoms with Gasteiger partial charge in [-0.1, -0.05) is 36.4 Å². The van der Waals surface area contributed by atoms with Crippen molar-refractivity contribution in [3.63, 3.8) is 0 Å². The SMILES string of the molecule is C[C@@](O)(c1ccccc1)c1ccc(Br)c(F)c1. The van der Waals surface area contributed by atoms with Gasteiger partial charge in [0, 0.05) is 0 Å². The smallest absolute Gasteiger partial charge is 0.137 e. The van der Waals surface area contributed by atoms with Crippen molar-refractivity contribution in [1.82, 2.24) is 0 Å². The number of halogens is 2. The Hall–Kier alpha value is -1.19. The van der Waals surface area contributed by atoms with Gasteiger partial charge in [-0.2, -0.15) is 0 Å². The summed E-state index contributed by atoms with van der Waals surface area (Å²) < 4.78 is 13.9. The monoisotopic (exact) mass is 294 g/mol. The van der Waals surface area contributed by atoms with Crippen LogP contribution in [0.15, 0.2) is 53.0 Å². The van der Waals surface area contributed by atoms with Crippen molar-refractivity contribution in [2.75, 3.05) is 0 Å². The highest BCUT2D eigenvalue weighted by Gasteiger charge is 2.25. The number of benzene rings is 2. The molecule has 2 aromatic rings. The minimum atomic E-state index is -1.19. The van der Waals surface area contributed by atoms with Crippen LogP contribution in [0.1, 0.15) is 18.1 Å². The Kier molecular flexibility index (Phi) is 3.31. The summed E-state index contributed by atoms with van der Waals surface area (Å²) in [5.41, 5.74) is 0.0779. The lowest BCUT2D eigenvalue weighted by Gasteiger charge is -2.24. The molecule has 0 fully saturated rings. The Morgan fingerprint density at radius 3 is 2.29 bits per heavy atom. The van der Waals surface area contributed by atoms with Crippen LogP contribution in [0.25, 0.3) is 0 Å². The molecular formula is C14H12BrFO. The first-order valence-corrected chi connectivity index (χ1v) is 6.04. The molecular weight excluding hydrogens is 283 g/mol. The highest BCUT2D eigenvalue weighted by atomic mass is 79.9. The first-order chi connectivity index (χ1) is 8.01. The van der Waals surface area contributed by atoms with Crippen LogP contribution in [0.5, 0.6) is 0 Å². The second-order valence-electron chi connectivity index (χ2n) is 4.07. The fourth-order valence-corrected chi connectivity index (χ4v) is 1.97. The summed E-state index contributed by atoms with van der Waals surface area (Å²) >= 11 is 3.10. The van der Waals surface area contributed by atoms with E-state index in [2.05, 4.69) is 15.9 Å². The molecule has 0 radical (unpaired) electrons. The molecule has 0 spiro atoms. The van der Waals surface area contributed by atoms with Crippen LogP contribution in [0.4, 0.5) is 4.39 Å². The van der Waals surface area contributed by atoms with Gasteiger partial charge in [0.2, 0.25) is 0 Å². The lowest BCUT2D eigenvalue weighted by atomic mass is 9.88. The fraction of sp³-hybridized carbons (Fsp3) is 0.143. The molecule has 0 saturated heterocycles. The van der Waals surface area contributed by atoms with Gasteiger partial charge in [-0.15, -0.1) is 0 Å². The Bertz CT molecular complexity index is 523. The van der Waals surface area contributed by atoms with Crippen LogP contribution in [0.2, 0.25) is 0 Å². The topological polar surface area (TPSA) is 20.2 Å². The van der Waals surface area contributed by atoms with Crippen molar-refractivity contribution in [3.8, 4) is 0 Å². The van der Waals surface area contributed by atoms with Gasteiger partial charge >= 0.3 is 0 Å². The summed E-state index contributed by atoms with van der Waals surface area (Å²) in [6.07, 6.45) is 0. The van der Waals surface area contributed by atoms with Crippen LogP contribution in [0, 0.1) is 5.82 Å². The van der Waals surface area contributed by atoms with Crippen molar-refractivity contribution in [2.24, 2.45) is 0 Å². The van der Waals surface area contributed by atoms with E-state index in [9.17, 15) is 9.50 Å². The molecule has 1 N–H and O–H groups in total. The maximum atomic E-state index is 13.5. The van der Waals surface area contributed by atoms with Crippen molar-refractivity contribution in [1.29, 1.82) is 0 Å². The number of hydrogen-bond donors (Lipinski definition) is 1. The predicted octanol–water partition coefficient (Wildman–Crippen LogP) is 3.84. The largest absolute Gasteiger partial charge is 0.381 e. The Labute approximate surface area is 108 Å². The van der Waals surface area contributed by atoms with Gasteiger partial charge in [0.05, 0.1) is 4.47 Å². The van der Waals surface area contributed by atoms with Crippen molar-refractivity contribution in [3.05, 3.63) is 69.9 Å². The molecule has 17 heavy (non-hydrogen) atoms. The number of hydrogen-bond acceptors (Lipinski definition) is 1. The molecule has 0 aliphatic carbocycles. The summed E-state index contributed by atoms with van der Waals surface area (Å²) in [7, 11) is 0. The van der Waals surface area contributed by atoms with E-state index in [1.54, 1.807) is 19.1 Å². The molecule has 0 bridgehead atoms. The highest BCUT2D eigenvalue weighted by Crippen LogP contribution is 2.30. The van der Waals surface area contributed by atoms with Gasteiger partial charge in [0.1, 0.15) is 11.4 Å². The van der Waals surface area contributed by atoms with Crippen molar-refractivity contribution in [2.45, 2.75) is 12.5 Å². The maximum absolute atomic E-state index is 13.5. The zero-order valence-corrected chi connectivity index (χ0v) is 10.9. The molecule has 2 aromatic carbocycles. The molecule has 0 aromatic heterocycles. The lowest BCUT2D eigenvalue weighted by molar-refractivity contribution is 0.102. The van der Waals surface area contributed by atoms with E-state index in [-0.39, 0.29) is 5.82 Å². The van der Waals surface area contributed by atoms with Gasteiger partial charge in [0.15, 0.2) is 0 Å². The lowest BCUT2D eigenvalue weighted by Crippen LogP contribution is -2.22. The van der Waals surface area contributed by atoms with Crippen LogP contribution in [-0.4, -0.2) is 5.11 Å². The minimum Gasteiger partial charge on any atom is -0.381 e. The van der Waals surface area contributed by atoms with Gasteiger partial charge in [-0.25, -0.2) is 4.39 Å². The average molecular weight is 295 g/mol. The summed E-state index contributed by atoms with van der Waals surface area (Å²) in [6, 6.07) is 13.9. The molecule has 3 heteroatoms. The first-order valence-electron chi connectivity index (χ1n) is 5.25. The third-order valence-electron chi connectivity index (χ3n) is 2.82. The van der Waals surface area contributed by atoms with Crippen molar-refractivity contribution >= 4 is 15.9 Å². The summed E-state index contributed by atoms with van der Waals surface area (Å²) in [5.74, 6) is -0.376. The second kappa shape index (κ2) is 4.59. The molecule has 0 heterocycles. The molecule has 0 amide bonds. The molecule has 1 nitrogen and oxygen atoms in total. The molecule has 1 atom stereocenters. The standard InChI is InChI=1S/C14H12BrFO/c1-14(17,10-5-3-2-4-6-10)11-7-8-12(15)13(16)9-11/h2-9,17H,1H3/t14-/m1/s1. The summed E-state index contributed by atoms with van der Waals surface area (Å²) in [5, 5.41) is 10.5. The zero-order valence-electron chi connectivity index (χ0n) is 9.32. The molecule has 0 aliphatic rings. The van der Waals surface area contributed by atoms with E-state index >= 15 is 0 Å². The van der Waals surface area contributed by atoms with E-state index < -0.39 is 5.60 Å². The van der Waals surface area contributed by atoms with Gasteiger partial charge in [-0.05, 0) is 46.1 Å². The van der Waals surface area contributed by atoms with Crippen LogP contribution >= 0.6 is 15.9 Å². The number of rotatable bonds is 2. The quantitative estimate of drug-likeness (QED) is 0.892. The zero-order chi connectivity index (χ0) is 12.5. The molecule has 2 rings (SSSR count). The number of aliphatic hydroxyl groups is 1. The van der Waals surface area contributed by atoms with E-state index in [0.29, 0.717) is 10.0 Å². The fourth-order valence-electron chi connectivity index (χ4n) is 1.73. The van der Waals surface area contributed by atoms with Crippen LogP contribution < -0.4 is 0 Å². The van der Waals surface area contributed by atoms with E-state index in [4.69, 9.17) is 0 Å². The Morgan fingerprint density at radius 1 is 1.06 bits per heavy atom. The minimum absolute atomic E-state index is 0.376. The maximum Gasteiger partial charge on any atom is 0.137 e. The normalized spacial score (nSPS) is 14.4. The average Bonchev–Trinajstić information content (AvgIpc) is 2.33. The first kappa shape index (κ1) is 12.3. The predicted molar refractivity (Wildman–Crippen MR) is 69.2 cm³/mol. The Balaban J connectivity index is 2.48. The highest BCUT2D eigenvalue weighted by molar-refractivity contribution is 9.10. The molecule has 0 aliphatic heterocycles. The summed E-state index contributed by atoms with van der Waals surface area (Å²) in [4.78, 5) is 0. The van der Waals surface area contributed by atoms with E-state index in [1.165, 1.54) is 6.07 Å². The van der Waals surface area contributed by atoms with Gasteiger partial charge < -0.3 is 5.11 Å². The van der Waals surface area contributed by atoms with Crippen LogP contribution in [-0.2, 0) is 5.60 Å². The molecule has 88 valence electrons. The third kappa shape index (κ3) is 2.40. The molecule has 0 unspecified atom stereocenters. The van der Waals surface area contributed by atoms with E-state index in [0.717, 1.165) is 5.56 Å². The third-order valence-corrected chi connectivity index (χ3v) is 3.46. The van der Waals surface area contributed by atoms with Crippen LogP contribution in [0.3, 0.4) is 0 Å². The Morgan fingerprint density at radius 2 is 1.71 bits per heavy atom. The van der Waals surface area contributed by atoms with Gasteiger partial charge in [-0.3, -0.25) is 0 Å². The summed E-state index contributed by atoms with van der Waals surface area (Å²) in [6.45, 7) is 1.66. The van der Waals surface area contributed by atoms with Gasteiger partial charge in [0.25, 0.3) is 0 Å². The second-order valence-corrected chi connectivity index (χ2v) is 4.92.